The maximum Gasteiger partial charge on any atom is 0.366 e. The van der Waals surface area contributed by atoms with E-state index in [9.17, 15) is 0 Å². The Bertz CT molecular complexity index is 2350. The van der Waals surface area contributed by atoms with Crippen LogP contribution in [0, 0.1) is 24.8 Å². The highest BCUT2D eigenvalue weighted by atomic mass is 15.0. The first-order valence-electron chi connectivity index (χ1n) is 16.9. The Hall–Kier alpha value is -5.01. The molecule has 0 saturated heterocycles. The van der Waals surface area contributed by atoms with Crippen LogP contribution in [0.1, 0.15) is 68.3 Å². The van der Waals surface area contributed by atoms with E-state index in [2.05, 4.69) is 139 Å². The van der Waals surface area contributed by atoms with Crippen LogP contribution in [0.3, 0.4) is 0 Å². The monoisotopic (exact) mass is 599 g/mol. The molecule has 2 aliphatic carbocycles. The van der Waals surface area contributed by atoms with Crippen molar-refractivity contribution in [2.75, 3.05) is 11.9 Å². The second-order valence-corrected chi connectivity index (χ2v) is 13.8. The summed E-state index contributed by atoms with van der Waals surface area (Å²) in [4.78, 5) is 4.80. The van der Waals surface area contributed by atoms with Gasteiger partial charge in [0.1, 0.15) is 5.69 Å². The number of nitrogens with one attached hydrogen (secondary N) is 1. The van der Waals surface area contributed by atoms with Gasteiger partial charge in [-0.1, -0.05) is 75.4 Å². The lowest BCUT2D eigenvalue weighted by molar-refractivity contribution is 0.386. The average molecular weight is 600 g/mol. The second kappa shape index (κ2) is 10.3. The molecular formula is C42H39N4+. The zero-order chi connectivity index (χ0) is 31.1. The van der Waals surface area contributed by atoms with Gasteiger partial charge in [-0.05, 0) is 84.8 Å². The van der Waals surface area contributed by atoms with Crippen molar-refractivity contribution in [1.29, 1.82) is 0 Å². The molecule has 0 saturated carbocycles. The van der Waals surface area contributed by atoms with Crippen LogP contribution in [0.2, 0.25) is 0 Å². The van der Waals surface area contributed by atoms with E-state index in [1.807, 2.05) is 0 Å². The van der Waals surface area contributed by atoms with Crippen LogP contribution in [0.5, 0.6) is 0 Å². The maximum atomic E-state index is 4.80. The predicted molar refractivity (Wildman–Crippen MR) is 195 cm³/mol. The zero-order valence-corrected chi connectivity index (χ0v) is 27.1. The highest BCUT2D eigenvalue weighted by molar-refractivity contribution is 6.15. The van der Waals surface area contributed by atoms with Crippen LogP contribution in [-0.4, -0.2) is 15.7 Å². The molecule has 1 N–H and O–H groups in total. The van der Waals surface area contributed by atoms with Crippen molar-refractivity contribution in [3.63, 3.8) is 0 Å². The second-order valence-electron chi connectivity index (χ2n) is 13.8. The molecule has 4 nitrogen and oxygen atoms in total. The van der Waals surface area contributed by atoms with E-state index >= 15 is 0 Å². The summed E-state index contributed by atoms with van der Waals surface area (Å²) in [5, 5.41) is 7.50. The van der Waals surface area contributed by atoms with Gasteiger partial charge in [-0.25, -0.2) is 0 Å². The summed E-state index contributed by atoms with van der Waals surface area (Å²) >= 11 is 0. The standard InChI is InChI=1S/C42H39N4/c1-25-17-18-29(21-27(25)3)40-28(4)41-35(43-19-20-44-41)23-39(40)46-36-16-9-8-14-31(36)33-22-34-32-15-10-11-26(2)42(32)45(37(34)24-38(33)46)30-12-6-5-7-13-30/h5-10,12-16,18,22-27,43H,11,17,19,21H2,1-4H3/q+1. The topological polar surface area (TPSA) is 26.2 Å². The Morgan fingerprint density at radius 3 is 2.46 bits per heavy atom. The molecule has 226 valence electrons. The van der Waals surface area contributed by atoms with Crippen LogP contribution in [0.4, 0.5) is 11.4 Å². The molecule has 3 unspecified atom stereocenters. The van der Waals surface area contributed by atoms with E-state index in [1.54, 1.807) is 0 Å². The Morgan fingerprint density at radius 2 is 1.61 bits per heavy atom. The van der Waals surface area contributed by atoms with E-state index in [-0.39, 0.29) is 0 Å². The van der Waals surface area contributed by atoms with Gasteiger partial charge in [0.2, 0.25) is 0 Å². The maximum absolute atomic E-state index is 4.80. The fraction of sp³-hybridized carbons (Fsp3) is 0.262. The first-order valence-corrected chi connectivity index (χ1v) is 16.9. The van der Waals surface area contributed by atoms with Gasteiger partial charge in [-0.15, -0.1) is 0 Å². The van der Waals surface area contributed by atoms with Crippen molar-refractivity contribution < 1.29 is 0 Å². The number of para-hydroxylation sites is 2. The third-order valence-corrected chi connectivity index (χ3v) is 11.0. The Kier molecular flexibility index (Phi) is 6.09. The first-order chi connectivity index (χ1) is 22.5. The fourth-order valence-corrected chi connectivity index (χ4v) is 8.37. The minimum atomic E-state index is 0.437. The van der Waals surface area contributed by atoms with Gasteiger partial charge < -0.3 is 14.5 Å². The van der Waals surface area contributed by atoms with E-state index < -0.39 is 0 Å². The van der Waals surface area contributed by atoms with Crippen molar-refractivity contribution in [2.24, 2.45) is 11.8 Å². The van der Waals surface area contributed by atoms with Crippen molar-refractivity contribution in [2.45, 2.75) is 52.9 Å². The smallest absolute Gasteiger partial charge is 0.362 e. The van der Waals surface area contributed by atoms with Gasteiger partial charge in [0.25, 0.3) is 0 Å². The van der Waals surface area contributed by atoms with Gasteiger partial charge in [-0.3, -0.25) is 0 Å². The quantitative estimate of drug-likeness (QED) is 0.201. The number of aromatic nitrogens is 2. The van der Waals surface area contributed by atoms with Gasteiger partial charge >= 0.3 is 11.8 Å². The predicted octanol–water partition coefficient (Wildman–Crippen LogP) is 11.4. The number of anilines is 1. The molecule has 3 aliphatic rings. The normalized spacial score (nSPS) is 20.3. The van der Waals surface area contributed by atoms with Crippen molar-refractivity contribution in [3.05, 3.63) is 112 Å². The number of rotatable bonds is 3. The molecule has 9 rings (SSSR count). The summed E-state index contributed by atoms with van der Waals surface area (Å²) in [5.41, 5.74) is 15.1. The van der Waals surface area contributed by atoms with Crippen LogP contribution in [-0.2, 0) is 0 Å². The fourth-order valence-electron chi connectivity index (χ4n) is 8.37. The minimum Gasteiger partial charge on any atom is -0.362 e. The van der Waals surface area contributed by atoms with Gasteiger partial charge in [0, 0.05) is 44.6 Å². The van der Waals surface area contributed by atoms with Crippen LogP contribution in [0.15, 0.2) is 84.9 Å². The summed E-state index contributed by atoms with van der Waals surface area (Å²) in [5.74, 6) is 1.75. The van der Waals surface area contributed by atoms with E-state index in [0.29, 0.717) is 24.3 Å². The Morgan fingerprint density at radius 1 is 0.804 bits per heavy atom. The number of nitrogens with zero attached hydrogens (tertiary/aromatic N) is 3. The van der Waals surface area contributed by atoms with E-state index in [4.69, 9.17) is 4.85 Å². The lowest BCUT2D eigenvalue weighted by Crippen LogP contribution is -2.15. The van der Waals surface area contributed by atoms with E-state index in [1.165, 1.54) is 72.0 Å². The molecule has 4 aromatic carbocycles. The van der Waals surface area contributed by atoms with Gasteiger partial charge in [0.15, 0.2) is 6.54 Å². The van der Waals surface area contributed by atoms with Gasteiger partial charge in [0.05, 0.1) is 27.8 Å². The summed E-state index contributed by atoms with van der Waals surface area (Å²) in [6.07, 6.45) is 10.4. The molecule has 2 aromatic heterocycles. The van der Waals surface area contributed by atoms with Crippen LogP contribution >= 0.6 is 0 Å². The molecule has 0 fully saturated rings. The molecule has 0 radical (unpaired) electrons. The summed E-state index contributed by atoms with van der Waals surface area (Å²) in [6.45, 7) is 10.0. The molecular weight excluding hydrogens is 560 g/mol. The van der Waals surface area contributed by atoms with Gasteiger partial charge in [-0.2, -0.15) is 0 Å². The lowest BCUT2D eigenvalue weighted by Gasteiger charge is -2.28. The Labute approximate surface area is 270 Å². The molecule has 3 atom stereocenters. The number of allylic oxidation sites excluding steroid dienone is 3. The molecule has 46 heavy (non-hydrogen) atoms. The van der Waals surface area contributed by atoms with E-state index in [0.717, 1.165) is 30.6 Å². The molecule has 4 heteroatoms. The van der Waals surface area contributed by atoms with Crippen LogP contribution < -0.4 is 5.32 Å². The third-order valence-electron chi connectivity index (χ3n) is 11.0. The van der Waals surface area contributed by atoms with Crippen LogP contribution in [0.25, 0.3) is 60.6 Å². The summed E-state index contributed by atoms with van der Waals surface area (Å²) in [6, 6.07) is 30.3. The number of fused-ring (bicyclic) bond motifs is 7. The molecule has 6 aromatic rings. The third kappa shape index (κ3) is 3.91. The SMILES string of the molecule is Cc1c2c(cc(-n3c4ccccc4c4cc5c6c(n(-c7ccccc7)c5cc43)C(C)CC=C6)c1C1=CCC(C)C(C)C1)NCC#[N+]2. The molecule has 0 bridgehead atoms. The number of hydrogen-bond donors (Lipinski definition) is 1. The number of hydrogen-bond acceptors (Lipinski definition) is 1. The minimum absolute atomic E-state index is 0.437. The summed E-state index contributed by atoms with van der Waals surface area (Å²) in [7, 11) is 0. The zero-order valence-electron chi connectivity index (χ0n) is 27.1. The largest absolute Gasteiger partial charge is 0.366 e. The molecule has 3 heterocycles. The Balaban J connectivity index is 1.42. The van der Waals surface area contributed by atoms with Crippen molar-refractivity contribution >= 4 is 55.7 Å². The first kappa shape index (κ1) is 27.3. The molecule has 0 spiro atoms. The summed E-state index contributed by atoms with van der Waals surface area (Å²) < 4.78 is 5.07. The lowest BCUT2D eigenvalue weighted by atomic mass is 9.78. The number of benzene rings is 4. The highest BCUT2D eigenvalue weighted by Gasteiger charge is 2.31. The molecule has 1 aliphatic heterocycles. The average Bonchev–Trinajstić information content (AvgIpc) is 3.58. The van der Waals surface area contributed by atoms with Crippen molar-refractivity contribution in [3.8, 4) is 17.4 Å². The molecule has 0 amide bonds. The van der Waals surface area contributed by atoms with Crippen molar-refractivity contribution in [1.82, 2.24) is 9.13 Å². The highest BCUT2D eigenvalue weighted by Crippen LogP contribution is 2.48.